The van der Waals surface area contributed by atoms with E-state index in [1.807, 2.05) is 69.3 Å². The van der Waals surface area contributed by atoms with Crippen LogP contribution in [0.5, 0.6) is 5.75 Å². The van der Waals surface area contributed by atoms with Crippen LogP contribution >= 0.6 is 15.9 Å². The predicted octanol–water partition coefficient (Wildman–Crippen LogP) is 5.50. The lowest BCUT2D eigenvalue weighted by molar-refractivity contribution is 0.0475. The van der Waals surface area contributed by atoms with Gasteiger partial charge < -0.3 is 20.1 Å². The molecule has 0 heterocycles. The highest BCUT2D eigenvalue weighted by molar-refractivity contribution is 9.10. The summed E-state index contributed by atoms with van der Waals surface area (Å²) in [6, 6.07) is 16.5. The summed E-state index contributed by atoms with van der Waals surface area (Å²) in [5.74, 6) is 0.815. The second kappa shape index (κ2) is 8.86. The van der Waals surface area contributed by atoms with Gasteiger partial charge >= 0.3 is 6.09 Å². The van der Waals surface area contributed by atoms with Crippen LogP contribution in [0.15, 0.2) is 53.0 Å². The maximum atomic E-state index is 11.9. The van der Waals surface area contributed by atoms with E-state index in [2.05, 4.69) is 26.6 Å². The maximum Gasteiger partial charge on any atom is 0.407 e. The Morgan fingerprint density at radius 2 is 1.82 bits per heavy atom. The Labute approximate surface area is 174 Å². The Bertz CT molecular complexity index is 799. The van der Waals surface area contributed by atoms with Gasteiger partial charge in [0.05, 0.1) is 5.69 Å². The highest BCUT2D eigenvalue weighted by Gasteiger charge is 2.32. The monoisotopic (exact) mass is 446 g/mol. The molecule has 1 aliphatic carbocycles. The van der Waals surface area contributed by atoms with Gasteiger partial charge in [0.1, 0.15) is 18.0 Å². The summed E-state index contributed by atoms with van der Waals surface area (Å²) in [7, 11) is 0. The molecule has 0 aromatic heterocycles. The molecule has 2 N–H and O–H groups in total. The Kier molecular flexibility index (Phi) is 6.50. The average Bonchev–Trinajstić information content (AvgIpc) is 2.58. The molecule has 0 aliphatic heterocycles. The Hall–Kier alpha value is -2.21. The van der Waals surface area contributed by atoms with Gasteiger partial charge in [0.25, 0.3) is 0 Å². The molecule has 1 aliphatic rings. The standard InChI is InChI=1S/C22H27BrN2O3/c1-22(2,3)28-21(26)25-18-12-17(13-18)24-19-11-16(23)9-10-20(19)27-14-15-7-5-4-6-8-15/h4-11,17-18,24H,12-14H2,1-3H3,(H,25,26). The first-order valence-electron chi connectivity index (χ1n) is 9.51. The van der Waals surface area contributed by atoms with Crippen molar-refractivity contribution in [3.8, 4) is 5.75 Å². The number of alkyl carbamates (subject to hydrolysis) is 1. The zero-order chi connectivity index (χ0) is 20.1. The molecule has 0 radical (unpaired) electrons. The lowest BCUT2D eigenvalue weighted by atomic mass is 9.86. The number of hydrogen-bond donors (Lipinski definition) is 2. The fourth-order valence-electron chi connectivity index (χ4n) is 3.02. The van der Waals surface area contributed by atoms with Crippen LogP contribution in [0.4, 0.5) is 10.5 Å². The van der Waals surface area contributed by atoms with Gasteiger partial charge in [-0.2, -0.15) is 0 Å². The fraction of sp³-hybridized carbons (Fsp3) is 0.409. The zero-order valence-corrected chi connectivity index (χ0v) is 18.1. The quantitative estimate of drug-likeness (QED) is 0.615. The summed E-state index contributed by atoms with van der Waals surface area (Å²) in [5.41, 5.74) is 1.60. The number of amides is 1. The molecular weight excluding hydrogens is 420 g/mol. The Morgan fingerprint density at radius 3 is 2.50 bits per heavy atom. The van der Waals surface area contributed by atoms with Crippen LogP contribution in [0.2, 0.25) is 0 Å². The molecule has 1 saturated carbocycles. The molecule has 2 aromatic rings. The molecule has 3 rings (SSSR count). The second-order valence-electron chi connectivity index (χ2n) is 8.07. The van der Waals surface area contributed by atoms with E-state index in [0.29, 0.717) is 6.61 Å². The molecular formula is C22H27BrN2O3. The average molecular weight is 447 g/mol. The minimum Gasteiger partial charge on any atom is -0.487 e. The topological polar surface area (TPSA) is 59.6 Å². The predicted molar refractivity (Wildman–Crippen MR) is 115 cm³/mol. The Morgan fingerprint density at radius 1 is 1.11 bits per heavy atom. The Balaban J connectivity index is 1.52. The molecule has 5 nitrogen and oxygen atoms in total. The number of halogens is 1. The summed E-state index contributed by atoms with van der Waals surface area (Å²) in [5, 5.41) is 6.45. The number of anilines is 1. The van der Waals surface area contributed by atoms with E-state index < -0.39 is 5.60 Å². The smallest absolute Gasteiger partial charge is 0.407 e. The number of hydrogen-bond acceptors (Lipinski definition) is 4. The highest BCUT2D eigenvalue weighted by Crippen LogP contribution is 2.33. The normalized spacial score (nSPS) is 18.7. The van der Waals surface area contributed by atoms with E-state index >= 15 is 0 Å². The number of carbonyl (C=O) groups is 1. The van der Waals surface area contributed by atoms with Gasteiger partial charge in [0.2, 0.25) is 0 Å². The van der Waals surface area contributed by atoms with Crippen molar-refractivity contribution in [3.63, 3.8) is 0 Å². The van der Waals surface area contributed by atoms with Crippen molar-refractivity contribution < 1.29 is 14.3 Å². The van der Waals surface area contributed by atoms with Crippen LogP contribution in [-0.4, -0.2) is 23.8 Å². The molecule has 1 amide bonds. The molecule has 0 unspecified atom stereocenters. The molecule has 2 aromatic carbocycles. The first-order valence-corrected chi connectivity index (χ1v) is 10.3. The summed E-state index contributed by atoms with van der Waals surface area (Å²) >= 11 is 3.53. The van der Waals surface area contributed by atoms with Gasteiger partial charge in [-0.1, -0.05) is 46.3 Å². The number of benzene rings is 2. The minimum absolute atomic E-state index is 0.133. The lowest BCUT2D eigenvalue weighted by Gasteiger charge is -2.37. The van der Waals surface area contributed by atoms with Gasteiger partial charge in [-0.05, 0) is 57.4 Å². The number of carbonyl (C=O) groups excluding carboxylic acids is 1. The van der Waals surface area contributed by atoms with E-state index in [1.54, 1.807) is 0 Å². The SMILES string of the molecule is CC(C)(C)OC(=O)NC1CC(Nc2cc(Br)ccc2OCc2ccccc2)C1. The summed E-state index contributed by atoms with van der Waals surface area (Å²) in [6.45, 7) is 6.11. The third kappa shape index (κ3) is 6.16. The van der Waals surface area contributed by atoms with Crippen molar-refractivity contribution in [1.29, 1.82) is 0 Å². The largest absolute Gasteiger partial charge is 0.487 e. The van der Waals surface area contributed by atoms with Crippen molar-refractivity contribution in [2.75, 3.05) is 5.32 Å². The summed E-state index contributed by atoms with van der Waals surface area (Å²) in [4.78, 5) is 11.9. The van der Waals surface area contributed by atoms with Gasteiger partial charge in [-0.15, -0.1) is 0 Å². The molecule has 0 spiro atoms. The van der Waals surface area contributed by atoms with Crippen LogP contribution in [0, 0.1) is 0 Å². The molecule has 6 heteroatoms. The molecule has 28 heavy (non-hydrogen) atoms. The van der Waals surface area contributed by atoms with Crippen molar-refractivity contribution in [3.05, 3.63) is 58.6 Å². The number of rotatable bonds is 6. The summed E-state index contributed by atoms with van der Waals surface area (Å²) in [6.07, 6.45) is 1.35. The van der Waals surface area contributed by atoms with Crippen LogP contribution in [0.25, 0.3) is 0 Å². The fourth-order valence-corrected chi connectivity index (χ4v) is 3.38. The van der Waals surface area contributed by atoms with Crippen LogP contribution in [-0.2, 0) is 11.3 Å². The van der Waals surface area contributed by atoms with Crippen LogP contribution in [0.3, 0.4) is 0 Å². The molecule has 150 valence electrons. The molecule has 1 fully saturated rings. The van der Waals surface area contributed by atoms with Crippen molar-refractivity contribution >= 4 is 27.7 Å². The third-order valence-corrected chi connectivity index (χ3v) is 4.89. The number of ether oxygens (including phenoxy) is 2. The second-order valence-corrected chi connectivity index (χ2v) is 8.99. The van der Waals surface area contributed by atoms with Crippen molar-refractivity contribution in [2.24, 2.45) is 0 Å². The van der Waals surface area contributed by atoms with Gasteiger partial charge in [-0.3, -0.25) is 0 Å². The summed E-state index contributed by atoms with van der Waals surface area (Å²) < 4.78 is 12.3. The first kappa shape index (κ1) is 20.5. The molecule has 0 bridgehead atoms. The zero-order valence-electron chi connectivity index (χ0n) is 16.5. The number of nitrogens with one attached hydrogen (secondary N) is 2. The van der Waals surface area contributed by atoms with Gasteiger partial charge in [0, 0.05) is 16.6 Å². The van der Waals surface area contributed by atoms with Crippen molar-refractivity contribution in [1.82, 2.24) is 5.32 Å². The highest BCUT2D eigenvalue weighted by atomic mass is 79.9. The van der Waals surface area contributed by atoms with E-state index in [4.69, 9.17) is 9.47 Å². The minimum atomic E-state index is -0.479. The van der Waals surface area contributed by atoms with Crippen LogP contribution < -0.4 is 15.4 Å². The maximum absolute atomic E-state index is 11.9. The van der Waals surface area contributed by atoms with Crippen LogP contribution in [0.1, 0.15) is 39.2 Å². The van der Waals surface area contributed by atoms with Gasteiger partial charge in [0.15, 0.2) is 0 Å². The lowest BCUT2D eigenvalue weighted by Crippen LogP contribution is -2.50. The first-order chi connectivity index (χ1) is 13.3. The van der Waals surface area contributed by atoms with E-state index in [0.717, 1.165) is 34.3 Å². The van der Waals surface area contributed by atoms with E-state index in [9.17, 15) is 4.79 Å². The van der Waals surface area contributed by atoms with Gasteiger partial charge in [-0.25, -0.2) is 4.79 Å². The molecule has 0 atom stereocenters. The third-order valence-electron chi connectivity index (χ3n) is 4.40. The van der Waals surface area contributed by atoms with E-state index in [1.165, 1.54) is 0 Å². The van der Waals surface area contributed by atoms with E-state index in [-0.39, 0.29) is 18.2 Å². The van der Waals surface area contributed by atoms with Crippen molar-refractivity contribution in [2.45, 2.75) is 57.9 Å². The molecule has 0 saturated heterocycles.